The number of fused-ring (bicyclic) bond motifs is 1. The third-order valence-corrected chi connectivity index (χ3v) is 3.62. The van der Waals surface area contributed by atoms with Crippen LogP contribution in [-0.4, -0.2) is 4.98 Å². The lowest BCUT2D eigenvalue weighted by molar-refractivity contribution is 1.32. The van der Waals surface area contributed by atoms with Crippen LogP contribution in [0.3, 0.4) is 0 Å². The summed E-state index contributed by atoms with van der Waals surface area (Å²) >= 11 is 5.14. The number of nitrogens with zero attached hydrogens (tertiary/aromatic N) is 1. The standard InChI is InChI=1S/C8H6BrNS/c1-5-4-11-7-6(5)2-3-10-8(7)9/h2-4H,1H3. The van der Waals surface area contributed by atoms with Crippen molar-refractivity contribution in [1.82, 2.24) is 4.98 Å². The Morgan fingerprint density at radius 1 is 1.55 bits per heavy atom. The number of aromatic nitrogens is 1. The van der Waals surface area contributed by atoms with Crippen LogP contribution in [0.25, 0.3) is 10.1 Å². The van der Waals surface area contributed by atoms with Gasteiger partial charge in [-0.3, -0.25) is 0 Å². The lowest BCUT2D eigenvalue weighted by Gasteiger charge is -1.91. The quantitative estimate of drug-likeness (QED) is 0.630. The number of pyridine rings is 1. The van der Waals surface area contributed by atoms with Gasteiger partial charge in [0.15, 0.2) is 0 Å². The number of rotatable bonds is 0. The molecule has 0 N–H and O–H groups in total. The van der Waals surface area contributed by atoms with Crippen LogP contribution in [0.2, 0.25) is 0 Å². The molecule has 0 atom stereocenters. The summed E-state index contributed by atoms with van der Waals surface area (Å²) in [5, 5.41) is 3.45. The molecule has 1 nitrogen and oxygen atoms in total. The van der Waals surface area contributed by atoms with Crippen LogP contribution in [0.5, 0.6) is 0 Å². The van der Waals surface area contributed by atoms with E-state index >= 15 is 0 Å². The third-order valence-electron chi connectivity index (χ3n) is 1.64. The first kappa shape index (κ1) is 7.25. The maximum Gasteiger partial charge on any atom is 0.123 e. The molecule has 0 aromatic carbocycles. The van der Waals surface area contributed by atoms with Gasteiger partial charge in [-0.2, -0.15) is 0 Å². The minimum absolute atomic E-state index is 0.952. The van der Waals surface area contributed by atoms with E-state index in [9.17, 15) is 0 Å². The van der Waals surface area contributed by atoms with E-state index < -0.39 is 0 Å². The summed E-state index contributed by atoms with van der Waals surface area (Å²) in [7, 11) is 0. The highest BCUT2D eigenvalue weighted by molar-refractivity contribution is 9.10. The molecule has 2 aromatic heterocycles. The molecule has 3 heteroatoms. The Bertz CT molecular complexity index is 394. The summed E-state index contributed by atoms with van der Waals surface area (Å²) in [4.78, 5) is 4.15. The molecule has 0 radical (unpaired) electrons. The number of hydrogen-bond acceptors (Lipinski definition) is 2. The predicted molar refractivity (Wildman–Crippen MR) is 52.1 cm³/mol. The highest BCUT2D eigenvalue weighted by Gasteiger charge is 2.02. The van der Waals surface area contributed by atoms with Gasteiger partial charge < -0.3 is 0 Å². The van der Waals surface area contributed by atoms with Crippen LogP contribution in [0.1, 0.15) is 5.56 Å². The van der Waals surface area contributed by atoms with E-state index in [0.29, 0.717) is 0 Å². The normalized spacial score (nSPS) is 10.7. The summed E-state index contributed by atoms with van der Waals surface area (Å²) < 4.78 is 2.19. The van der Waals surface area contributed by atoms with E-state index in [-0.39, 0.29) is 0 Å². The molecule has 2 heterocycles. The first-order chi connectivity index (χ1) is 5.29. The predicted octanol–water partition coefficient (Wildman–Crippen LogP) is 3.37. The SMILES string of the molecule is Cc1csc2c(Br)nccc12. The Hall–Kier alpha value is -0.410. The van der Waals surface area contributed by atoms with Crippen LogP contribution >= 0.6 is 27.3 Å². The lowest BCUT2D eigenvalue weighted by Crippen LogP contribution is -1.73. The molecule has 0 aliphatic rings. The Morgan fingerprint density at radius 2 is 2.36 bits per heavy atom. The molecule has 0 unspecified atom stereocenters. The molecule has 2 rings (SSSR count). The first-order valence-electron chi connectivity index (χ1n) is 3.27. The Morgan fingerprint density at radius 3 is 3.09 bits per heavy atom. The van der Waals surface area contributed by atoms with E-state index in [1.165, 1.54) is 15.6 Å². The molecule has 0 aliphatic carbocycles. The van der Waals surface area contributed by atoms with Crippen LogP contribution in [-0.2, 0) is 0 Å². The van der Waals surface area contributed by atoms with Crippen molar-refractivity contribution in [2.24, 2.45) is 0 Å². The van der Waals surface area contributed by atoms with Crippen molar-refractivity contribution < 1.29 is 0 Å². The molecule has 0 spiro atoms. The molecule has 0 fully saturated rings. The van der Waals surface area contributed by atoms with Gasteiger partial charge >= 0.3 is 0 Å². The fourth-order valence-electron chi connectivity index (χ4n) is 1.06. The zero-order valence-electron chi connectivity index (χ0n) is 5.97. The molecule has 56 valence electrons. The molecule has 0 amide bonds. The van der Waals surface area contributed by atoms with Gasteiger partial charge in [0.05, 0.1) is 4.70 Å². The molecule has 0 saturated carbocycles. The van der Waals surface area contributed by atoms with Crippen molar-refractivity contribution >= 4 is 37.4 Å². The third kappa shape index (κ3) is 1.08. The van der Waals surface area contributed by atoms with E-state index in [4.69, 9.17) is 0 Å². The Labute approximate surface area is 77.2 Å². The minimum Gasteiger partial charge on any atom is -0.248 e. The van der Waals surface area contributed by atoms with Crippen LogP contribution in [0.4, 0.5) is 0 Å². The second kappa shape index (κ2) is 2.57. The highest BCUT2D eigenvalue weighted by atomic mass is 79.9. The molecule has 11 heavy (non-hydrogen) atoms. The fourth-order valence-corrected chi connectivity index (χ4v) is 2.60. The van der Waals surface area contributed by atoms with E-state index in [1.54, 1.807) is 11.3 Å². The van der Waals surface area contributed by atoms with Gasteiger partial charge in [-0.25, -0.2) is 4.98 Å². The minimum atomic E-state index is 0.952. The number of aryl methyl sites for hydroxylation is 1. The molecule has 0 aliphatic heterocycles. The monoisotopic (exact) mass is 227 g/mol. The smallest absolute Gasteiger partial charge is 0.123 e. The second-order valence-electron chi connectivity index (χ2n) is 2.40. The largest absolute Gasteiger partial charge is 0.248 e. The van der Waals surface area contributed by atoms with Gasteiger partial charge in [0.2, 0.25) is 0 Å². The zero-order valence-corrected chi connectivity index (χ0v) is 8.37. The maximum absolute atomic E-state index is 4.15. The summed E-state index contributed by atoms with van der Waals surface area (Å²) in [6.07, 6.45) is 1.83. The summed E-state index contributed by atoms with van der Waals surface area (Å²) in [5.41, 5.74) is 1.33. The van der Waals surface area contributed by atoms with Crippen molar-refractivity contribution in [2.45, 2.75) is 6.92 Å². The summed E-state index contributed by atoms with van der Waals surface area (Å²) in [6.45, 7) is 2.12. The lowest BCUT2D eigenvalue weighted by atomic mass is 10.2. The van der Waals surface area contributed by atoms with Crippen molar-refractivity contribution in [3.05, 3.63) is 27.8 Å². The zero-order chi connectivity index (χ0) is 7.84. The van der Waals surface area contributed by atoms with E-state index in [2.05, 4.69) is 33.2 Å². The van der Waals surface area contributed by atoms with Gasteiger partial charge in [-0.05, 0) is 45.2 Å². The number of hydrogen-bond donors (Lipinski definition) is 0. The fraction of sp³-hybridized carbons (Fsp3) is 0.125. The second-order valence-corrected chi connectivity index (χ2v) is 4.03. The Kier molecular flexibility index (Phi) is 1.69. The molecule has 2 aromatic rings. The van der Waals surface area contributed by atoms with Crippen molar-refractivity contribution in [3.63, 3.8) is 0 Å². The molecule has 0 saturated heterocycles. The van der Waals surface area contributed by atoms with E-state index in [1.807, 2.05) is 12.3 Å². The number of halogens is 1. The van der Waals surface area contributed by atoms with Gasteiger partial charge in [0.1, 0.15) is 4.60 Å². The Balaban J connectivity index is 2.94. The number of thiophene rings is 1. The summed E-state index contributed by atoms with van der Waals surface area (Å²) in [5.74, 6) is 0. The van der Waals surface area contributed by atoms with E-state index in [0.717, 1.165) is 4.60 Å². The summed E-state index contributed by atoms with van der Waals surface area (Å²) in [6, 6.07) is 2.05. The van der Waals surface area contributed by atoms with Gasteiger partial charge in [0.25, 0.3) is 0 Å². The van der Waals surface area contributed by atoms with Gasteiger partial charge in [0, 0.05) is 6.20 Å². The average molecular weight is 228 g/mol. The van der Waals surface area contributed by atoms with Crippen molar-refractivity contribution in [2.75, 3.05) is 0 Å². The average Bonchev–Trinajstić information content (AvgIpc) is 2.35. The highest BCUT2D eigenvalue weighted by Crippen LogP contribution is 2.29. The topological polar surface area (TPSA) is 12.9 Å². The van der Waals surface area contributed by atoms with Gasteiger partial charge in [-0.15, -0.1) is 11.3 Å². The van der Waals surface area contributed by atoms with Crippen LogP contribution in [0.15, 0.2) is 22.2 Å². The van der Waals surface area contributed by atoms with Crippen molar-refractivity contribution in [1.29, 1.82) is 0 Å². The molecular weight excluding hydrogens is 222 g/mol. The van der Waals surface area contributed by atoms with Crippen LogP contribution < -0.4 is 0 Å². The first-order valence-corrected chi connectivity index (χ1v) is 4.94. The van der Waals surface area contributed by atoms with Crippen LogP contribution in [0, 0.1) is 6.92 Å². The van der Waals surface area contributed by atoms with Gasteiger partial charge in [-0.1, -0.05) is 0 Å². The maximum atomic E-state index is 4.15. The molecule has 0 bridgehead atoms. The molecular formula is C8H6BrNS. The van der Waals surface area contributed by atoms with Crippen molar-refractivity contribution in [3.8, 4) is 0 Å².